The van der Waals surface area contributed by atoms with Gasteiger partial charge >= 0.3 is 0 Å². The summed E-state index contributed by atoms with van der Waals surface area (Å²) in [4.78, 5) is 16.2. The van der Waals surface area contributed by atoms with E-state index >= 15 is 0 Å². The first-order valence-electron chi connectivity index (χ1n) is 5.71. The van der Waals surface area contributed by atoms with Gasteiger partial charge in [0.2, 0.25) is 0 Å². The number of amides is 1. The van der Waals surface area contributed by atoms with Gasteiger partial charge in [0, 0.05) is 21.3 Å². The Labute approximate surface area is 125 Å². The molecule has 1 amide bonds. The largest absolute Gasteiger partial charge is 0.346 e. The molecule has 0 unspecified atom stereocenters. The molecule has 98 valence electrons. The average molecular weight is 340 g/mol. The zero-order chi connectivity index (χ0) is 13.8. The molecule has 0 fully saturated rings. The van der Waals surface area contributed by atoms with E-state index in [2.05, 4.69) is 26.2 Å². The standard InChI is InChI=1S/C14H12BrClN2O/c1-9-3-2-4-17-13(9)8-18-14(19)10-5-11(15)7-12(16)6-10/h2-7H,8H2,1H3,(H,18,19). The molecule has 2 aromatic rings. The van der Waals surface area contributed by atoms with Crippen LogP contribution in [-0.4, -0.2) is 10.9 Å². The molecule has 0 radical (unpaired) electrons. The summed E-state index contributed by atoms with van der Waals surface area (Å²) in [5.41, 5.74) is 2.43. The highest BCUT2D eigenvalue weighted by molar-refractivity contribution is 9.10. The number of halogens is 2. The van der Waals surface area contributed by atoms with Crippen LogP contribution in [0.5, 0.6) is 0 Å². The van der Waals surface area contributed by atoms with E-state index in [4.69, 9.17) is 11.6 Å². The van der Waals surface area contributed by atoms with E-state index in [1.54, 1.807) is 24.4 Å². The summed E-state index contributed by atoms with van der Waals surface area (Å²) in [6.07, 6.45) is 1.71. The molecule has 1 aromatic heterocycles. The van der Waals surface area contributed by atoms with E-state index in [9.17, 15) is 4.79 Å². The number of nitrogens with zero attached hydrogens (tertiary/aromatic N) is 1. The second kappa shape index (κ2) is 6.17. The van der Waals surface area contributed by atoms with E-state index in [0.29, 0.717) is 17.1 Å². The van der Waals surface area contributed by atoms with Crippen molar-refractivity contribution in [3.05, 3.63) is 62.8 Å². The van der Waals surface area contributed by atoms with Gasteiger partial charge < -0.3 is 5.32 Å². The van der Waals surface area contributed by atoms with Gasteiger partial charge in [-0.1, -0.05) is 33.6 Å². The summed E-state index contributed by atoms with van der Waals surface area (Å²) >= 11 is 9.23. The molecule has 0 saturated carbocycles. The van der Waals surface area contributed by atoms with E-state index in [1.807, 2.05) is 19.1 Å². The van der Waals surface area contributed by atoms with Crippen LogP contribution in [0.15, 0.2) is 41.0 Å². The van der Waals surface area contributed by atoms with E-state index in [1.165, 1.54) is 0 Å². The van der Waals surface area contributed by atoms with Gasteiger partial charge in [-0.15, -0.1) is 0 Å². The summed E-state index contributed by atoms with van der Waals surface area (Å²) < 4.78 is 0.777. The fourth-order valence-electron chi connectivity index (χ4n) is 1.65. The first kappa shape index (κ1) is 14.0. The van der Waals surface area contributed by atoms with E-state index in [0.717, 1.165) is 15.7 Å². The molecule has 1 N–H and O–H groups in total. The molecule has 5 heteroatoms. The Kier molecular flexibility index (Phi) is 4.56. The zero-order valence-corrected chi connectivity index (χ0v) is 12.6. The number of aromatic nitrogens is 1. The first-order chi connectivity index (χ1) is 9.06. The van der Waals surface area contributed by atoms with Crippen LogP contribution in [0.1, 0.15) is 21.6 Å². The van der Waals surface area contributed by atoms with Crippen molar-refractivity contribution in [1.29, 1.82) is 0 Å². The number of benzene rings is 1. The summed E-state index contributed by atoms with van der Waals surface area (Å²) in [7, 11) is 0. The molecule has 0 aliphatic carbocycles. The Morgan fingerprint density at radius 3 is 2.89 bits per heavy atom. The van der Waals surface area contributed by atoms with Gasteiger partial charge in [-0.05, 0) is 36.8 Å². The summed E-state index contributed by atoms with van der Waals surface area (Å²) in [5, 5.41) is 3.35. The SMILES string of the molecule is Cc1cccnc1CNC(=O)c1cc(Cl)cc(Br)c1. The minimum atomic E-state index is -0.173. The summed E-state index contributed by atoms with van der Waals surface area (Å²) in [6.45, 7) is 2.36. The Bertz CT molecular complexity index is 596. The lowest BCUT2D eigenvalue weighted by molar-refractivity contribution is 0.0950. The average Bonchev–Trinajstić information content (AvgIpc) is 2.36. The molecule has 1 aromatic carbocycles. The van der Waals surface area contributed by atoms with Crippen LogP contribution >= 0.6 is 27.5 Å². The molecular weight excluding hydrogens is 328 g/mol. The van der Waals surface area contributed by atoms with Crippen LogP contribution in [0, 0.1) is 6.92 Å². The Hall–Kier alpha value is -1.39. The quantitative estimate of drug-likeness (QED) is 0.925. The van der Waals surface area contributed by atoms with Crippen LogP contribution in [0.25, 0.3) is 0 Å². The normalized spacial score (nSPS) is 10.3. The van der Waals surface area contributed by atoms with Gasteiger partial charge in [0.1, 0.15) is 0 Å². The molecule has 19 heavy (non-hydrogen) atoms. The molecule has 0 aliphatic heterocycles. The minimum absolute atomic E-state index is 0.173. The number of carbonyl (C=O) groups is 1. The highest BCUT2D eigenvalue weighted by atomic mass is 79.9. The molecule has 1 heterocycles. The number of pyridine rings is 1. The fourth-order valence-corrected chi connectivity index (χ4v) is 2.51. The van der Waals surface area contributed by atoms with Crippen molar-refractivity contribution in [2.45, 2.75) is 13.5 Å². The van der Waals surface area contributed by atoms with Crippen LogP contribution in [-0.2, 0) is 6.54 Å². The van der Waals surface area contributed by atoms with Crippen molar-refractivity contribution < 1.29 is 4.79 Å². The maximum atomic E-state index is 12.0. The third kappa shape index (κ3) is 3.78. The van der Waals surface area contributed by atoms with Crippen LogP contribution in [0.2, 0.25) is 5.02 Å². The van der Waals surface area contributed by atoms with Gasteiger partial charge in [-0.25, -0.2) is 0 Å². The number of carbonyl (C=O) groups excluding carboxylic acids is 1. The maximum absolute atomic E-state index is 12.0. The van der Waals surface area contributed by atoms with Crippen molar-refractivity contribution in [2.24, 2.45) is 0 Å². The zero-order valence-electron chi connectivity index (χ0n) is 10.3. The van der Waals surface area contributed by atoms with Gasteiger partial charge in [0.25, 0.3) is 5.91 Å². The summed E-state index contributed by atoms with van der Waals surface area (Å²) in [5.74, 6) is -0.173. The molecular formula is C14H12BrClN2O. The number of hydrogen-bond acceptors (Lipinski definition) is 2. The third-order valence-corrected chi connectivity index (χ3v) is 3.34. The molecule has 0 spiro atoms. The Morgan fingerprint density at radius 2 is 2.21 bits per heavy atom. The second-order valence-electron chi connectivity index (χ2n) is 4.11. The molecule has 0 bridgehead atoms. The lowest BCUT2D eigenvalue weighted by Crippen LogP contribution is -2.23. The molecule has 0 aliphatic rings. The predicted molar refractivity (Wildman–Crippen MR) is 79.3 cm³/mol. The Morgan fingerprint density at radius 1 is 1.42 bits per heavy atom. The third-order valence-electron chi connectivity index (χ3n) is 2.66. The van der Waals surface area contributed by atoms with Gasteiger partial charge in [0.15, 0.2) is 0 Å². The number of nitrogens with one attached hydrogen (secondary N) is 1. The molecule has 0 saturated heterocycles. The van der Waals surface area contributed by atoms with Gasteiger partial charge in [0.05, 0.1) is 12.2 Å². The highest BCUT2D eigenvalue weighted by Gasteiger charge is 2.08. The van der Waals surface area contributed by atoms with E-state index < -0.39 is 0 Å². The monoisotopic (exact) mass is 338 g/mol. The van der Waals surface area contributed by atoms with Crippen molar-refractivity contribution in [2.75, 3.05) is 0 Å². The second-order valence-corrected chi connectivity index (χ2v) is 5.46. The predicted octanol–water partition coefficient (Wildman–Crippen LogP) is 3.74. The van der Waals surface area contributed by atoms with Crippen molar-refractivity contribution in [3.8, 4) is 0 Å². The highest BCUT2D eigenvalue weighted by Crippen LogP contribution is 2.19. The first-order valence-corrected chi connectivity index (χ1v) is 6.88. The molecule has 2 rings (SSSR count). The minimum Gasteiger partial charge on any atom is -0.346 e. The topological polar surface area (TPSA) is 42.0 Å². The van der Waals surface area contributed by atoms with Crippen molar-refractivity contribution >= 4 is 33.4 Å². The maximum Gasteiger partial charge on any atom is 0.251 e. The van der Waals surface area contributed by atoms with E-state index in [-0.39, 0.29) is 5.91 Å². The van der Waals surface area contributed by atoms with Crippen molar-refractivity contribution in [1.82, 2.24) is 10.3 Å². The lowest BCUT2D eigenvalue weighted by atomic mass is 10.2. The smallest absolute Gasteiger partial charge is 0.251 e. The Balaban J connectivity index is 2.08. The molecule has 0 atom stereocenters. The van der Waals surface area contributed by atoms with Crippen LogP contribution in [0.4, 0.5) is 0 Å². The van der Waals surface area contributed by atoms with Crippen LogP contribution < -0.4 is 5.32 Å². The van der Waals surface area contributed by atoms with Gasteiger partial charge in [-0.3, -0.25) is 9.78 Å². The number of rotatable bonds is 3. The fraction of sp³-hybridized carbons (Fsp3) is 0.143. The van der Waals surface area contributed by atoms with Crippen LogP contribution in [0.3, 0.4) is 0 Å². The number of aryl methyl sites for hydroxylation is 1. The molecule has 3 nitrogen and oxygen atoms in total. The number of hydrogen-bond donors (Lipinski definition) is 1. The lowest BCUT2D eigenvalue weighted by Gasteiger charge is -2.07. The van der Waals surface area contributed by atoms with Crippen molar-refractivity contribution in [3.63, 3.8) is 0 Å². The summed E-state index contributed by atoms with van der Waals surface area (Å²) in [6, 6.07) is 8.93. The van der Waals surface area contributed by atoms with Gasteiger partial charge in [-0.2, -0.15) is 0 Å².